The molecule has 1 heterocycles. The number of Topliss-reactive ketones (excluding diaryl/α,β-unsaturated/α-hetero) is 1. The molecule has 0 amide bonds. The van der Waals surface area contributed by atoms with Crippen LogP contribution in [0, 0.1) is 0 Å². The molecule has 2 atom stereocenters. The van der Waals surface area contributed by atoms with Gasteiger partial charge in [-0.1, -0.05) is 0 Å². The Bertz CT molecular complexity index is 209. The largest absolute Gasteiger partial charge is 0.375 e. The van der Waals surface area contributed by atoms with Gasteiger partial charge in [0, 0.05) is 12.8 Å². The monoisotopic (exact) mass is 198 g/mol. The first-order valence-electron chi connectivity index (χ1n) is 5.46. The zero-order valence-corrected chi connectivity index (χ0v) is 8.86. The van der Waals surface area contributed by atoms with Gasteiger partial charge >= 0.3 is 0 Å². The lowest BCUT2D eigenvalue weighted by atomic mass is 9.93. The molecule has 2 unspecified atom stereocenters. The van der Waals surface area contributed by atoms with Crippen LogP contribution >= 0.6 is 0 Å². The van der Waals surface area contributed by atoms with E-state index in [9.17, 15) is 4.79 Å². The molecule has 0 aromatic heterocycles. The first kappa shape index (κ1) is 10.1. The van der Waals surface area contributed by atoms with Crippen LogP contribution in [0.1, 0.15) is 39.5 Å². The molecular formula is C11H18O3. The van der Waals surface area contributed by atoms with Gasteiger partial charge in [0.2, 0.25) is 0 Å². The van der Waals surface area contributed by atoms with Crippen LogP contribution in [0.4, 0.5) is 0 Å². The van der Waals surface area contributed by atoms with Crippen LogP contribution in [0.15, 0.2) is 0 Å². The van der Waals surface area contributed by atoms with Gasteiger partial charge in [-0.2, -0.15) is 0 Å². The van der Waals surface area contributed by atoms with Gasteiger partial charge in [0.15, 0.2) is 0 Å². The number of carbonyl (C=O) groups excluding carboxylic acids is 1. The predicted molar refractivity (Wildman–Crippen MR) is 52.1 cm³/mol. The molecule has 1 saturated carbocycles. The van der Waals surface area contributed by atoms with Gasteiger partial charge in [0.1, 0.15) is 5.78 Å². The van der Waals surface area contributed by atoms with Crippen LogP contribution in [-0.4, -0.2) is 30.2 Å². The molecule has 0 N–H and O–H groups in total. The van der Waals surface area contributed by atoms with Crippen molar-refractivity contribution in [3.05, 3.63) is 0 Å². The first-order valence-corrected chi connectivity index (χ1v) is 5.46. The van der Waals surface area contributed by atoms with Crippen molar-refractivity contribution in [2.45, 2.75) is 63.9 Å². The van der Waals surface area contributed by atoms with E-state index < -0.39 is 0 Å². The van der Waals surface area contributed by atoms with Crippen LogP contribution in [0.5, 0.6) is 0 Å². The quantitative estimate of drug-likeness (QED) is 0.677. The third-order valence-electron chi connectivity index (χ3n) is 2.95. The zero-order chi connectivity index (χ0) is 10.1. The van der Waals surface area contributed by atoms with Crippen molar-refractivity contribution in [3.63, 3.8) is 0 Å². The maximum absolute atomic E-state index is 10.8. The van der Waals surface area contributed by atoms with Gasteiger partial charge in [-0.15, -0.1) is 0 Å². The summed E-state index contributed by atoms with van der Waals surface area (Å²) >= 11 is 0. The Kier molecular flexibility index (Phi) is 2.88. The molecule has 1 aliphatic carbocycles. The Balaban J connectivity index is 1.77. The lowest BCUT2D eigenvalue weighted by Crippen LogP contribution is -2.40. The molecule has 14 heavy (non-hydrogen) atoms. The molecule has 2 aliphatic rings. The van der Waals surface area contributed by atoms with Crippen molar-refractivity contribution in [1.82, 2.24) is 0 Å². The normalized spacial score (nSPS) is 39.6. The SMILES string of the molecule is CC1CC(OC2CC(=O)C2)CC(C)O1. The summed E-state index contributed by atoms with van der Waals surface area (Å²) in [5.74, 6) is 0.336. The summed E-state index contributed by atoms with van der Waals surface area (Å²) in [5, 5.41) is 0. The van der Waals surface area contributed by atoms with Gasteiger partial charge in [0.05, 0.1) is 24.4 Å². The third kappa shape index (κ3) is 2.34. The van der Waals surface area contributed by atoms with Crippen molar-refractivity contribution >= 4 is 5.78 Å². The van der Waals surface area contributed by atoms with Gasteiger partial charge < -0.3 is 9.47 Å². The van der Waals surface area contributed by atoms with Crippen molar-refractivity contribution < 1.29 is 14.3 Å². The van der Waals surface area contributed by atoms with Gasteiger partial charge in [-0.25, -0.2) is 0 Å². The Morgan fingerprint density at radius 2 is 1.71 bits per heavy atom. The maximum atomic E-state index is 10.8. The average Bonchev–Trinajstić information content (AvgIpc) is 1.99. The third-order valence-corrected chi connectivity index (χ3v) is 2.95. The van der Waals surface area contributed by atoms with E-state index in [1.165, 1.54) is 0 Å². The lowest BCUT2D eigenvalue weighted by molar-refractivity contribution is -0.152. The van der Waals surface area contributed by atoms with Crippen LogP contribution in [0.25, 0.3) is 0 Å². The van der Waals surface area contributed by atoms with E-state index in [0.29, 0.717) is 36.9 Å². The minimum Gasteiger partial charge on any atom is -0.375 e. The smallest absolute Gasteiger partial charge is 0.138 e. The Morgan fingerprint density at radius 1 is 1.14 bits per heavy atom. The predicted octanol–water partition coefficient (Wildman–Crippen LogP) is 1.69. The van der Waals surface area contributed by atoms with Crippen LogP contribution < -0.4 is 0 Å². The number of rotatable bonds is 2. The summed E-state index contributed by atoms with van der Waals surface area (Å²) in [6.45, 7) is 4.16. The number of ketones is 1. The molecular weight excluding hydrogens is 180 g/mol. The van der Waals surface area contributed by atoms with Gasteiger partial charge in [-0.05, 0) is 26.7 Å². The molecule has 80 valence electrons. The zero-order valence-electron chi connectivity index (χ0n) is 8.86. The Hall–Kier alpha value is -0.410. The first-order chi connectivity index (χ1) is 6.63. The molecule has 0 bridgehead atoms. The molecule has 3 nitrogen and oxygen atoms in total. The van der Waals surface area contributed by atoms with E-state index >= 15 is 0 Å². The minimum atomic E-state index is 0.199. The van der Waals surface area contributed by atoms with E-state index in [0.717, 1.165) is 12.8 Å². The van der Waals surface area contributed by atoms with E-state index in [-0.39, 0.29) is 6.10 Å². The molecule has 0 radical (unpaired) electrons. The highest BCUT2D eigenvalue weighted by Crippen LogP contribution is 2.27. The number of hydrogen-bond acceptors (Lipinski definition) is 3. The second kappa shape index (κ2) is 3.99. The molecule has 2 fully saturated rings. The highest BCUT2D eigenvalue weighted by Gasteiger charge is 2.32. The van der Waals surface area contributed by atoms with Crippen LogP contribution in [0.3, 0.4) is 0 Å². The average molecular weight is 198 g/mol. The van der Waals surface area contributed by atoms with E-state index in [1.54, 1.807) is 0 Å². The number of carbonyl (C=O) groups is 1. The van der Waals surface area contributed by atoms with Gasteiger partial charge in [0.25, 0.3) is 0 Å². The van der Waals surface area contributed by atoms with E-state index in [2.05, 4.69) is 13.8 Å². The van der Waals surface area contributed by atoms with Gasteiger partial charge in [-0.3, -0.25) is 4.79 Å². The number of hydrogen-bond donors (Lipinski definition) is 0. The van der Waals surface area contributed by atoms with E-state index in [4.69, 9.17) is 9.47 Å². The highest BCUT2D eigenvalue weighted by atomic mass is 16.5. The van der Waals surface area contributed by atoms with Crippen molar-refractivity contribution in [2.75, 3.05) is 0 Å². The Labute approximate surface area is 84.8 Å². The number of ether oxygens (including phenoxy) is 2. The standard InChI is InChI=1S/C11H18O3/c1-7-3-10(4-8(2)13-7)14-11-5-9(12)6-11/h7-8,10-11H,3-6H2,1-2H3. The van der Waals surface area contributed by atoms with Crippen molar-refractivity contribution in [3.8, 4) is 0 Å². The molecule has 0 aromatic carbocycles. The molecule has 3 heteroatoms. The van der Waals surface area contributed by atoms with Crippen LogP contribution in [0.2, 0.25) is 0 Å². The second-order valence-corrected chi connectivity index (χ2v) is 4.56. The lowest BCUT2D eigenvalue weighted by Gasteiger charge is -2.36. The summed E-state index contributed by atoms with van der Waals surface area (Å²) in [7, 11) is 0. The molecule has 1 aliphatic heterocycles. The summed E-state index contributed by atoms with van der Waals surface area (Å²) in [6.07, 6.45) is 4.26. The fourth-order valence-corrected chi connectivity index (χ4v) is 2.27. The summed E-state index contributed by atoms with van der Waals surface area (Å²) in [4.78, 5) is 10.8. The Morgan fingerprint density at radius 3 is 2.21 bits per heavy atom. The van der Waals surface area contributed by atoms with Crippen molar-refractivity contribution in [1.29, 1.82) is 0 Å². The minimum absolute atomic E-state index is 0.199. The maximum Gasteiger partial charge on any atom is 0.138 e. The topological polar surface area (TPSA) is 35.5 Å². The van der Waals surface area contributed by atoms with Crippen LogP contribution in [-0.2, 0) is 14.3 Å². The summed E-state index contributed by atoms with van der Waals surface area (Å²) in [5.41, 5.74) is 0. The highest BCUT2D eigenvalue weighted by molar-refractivity contribution is 5.85. The van der Waals surface area contributed by atoms with Crippen molar-refractivity contribution in [2.24, 2.45) is 0 Å². The fourth-order valence-electron chi connectivity index (χ4n) is 2.27. The molecule has 0 spiro atoms. The molecule has 0 aromatic rings. The fraction of sp³-hybridized carbons (Fsp3) is 0.909. The van der Waals surface area contributed by atoms with E-state index in [1.807, 2.05) is 0 Å². The summed E-state index contributed by atoms with van der Waals surface area (Å²) in [6, 6.07) is 0. The second-order valence-electron chi connectivity index (χ2n) is 4.56. The summed E-state index contributed by atoms with van der Waals surface area (Å²) < 4.78 is 11.5. The molecule has 2 rings (SSSR count). The molecule has 1 saturated heterocycles.